The molecule has 8 nitrogen and oxygen atoms in total. The van der Waals surface area contributed by atoms with Crippen LogP contribution in [0.25, 0.3) is 28.0 Å². The van der Waals surface area contributed by atoms with Gasteiger partial charge >= 0.3 is 0 Å². The number of fused-ring (bicyclic) bond motifs is 1. The highest BCUT2D eigenvalue weighted by molar-refractivity contribution is 7.98. The van der Waals surface area contributed by atoms with Crippen LogP contribution in [0.15, 0.2) is 81.2 Å². The van der Waals surface area contributed by atoms with E-state index in [9.17, 15) is 4.79 Å². The Bertz CT molecular complexity index is 1560. The van der Waals surface area contributed by atoms with Crippen LogP contribution in [0.4, 0.5) is 0 Å². The molecular weight excluding hydrogens is 464 g/mol. The summed E-state index contributed by atoms with van der Waals surface area (Å²) in [7, 11) is 3.16. The number of rotatable bonds is 7. The average molecular weight is 487 g/mol. The third-order valence-corrected chi connectivity index (χ3v) is 6.40. The van der Waals surface area contributed by atoms with Crippen molar-refractivity contribution in [2.75, 3.05) is 14.2 Å². The Hall–Kier alpha value is -4.11. The summed E-state index contributed by atoms with van der Waals surface area (Å²) in [5.41, 5.74) is 3.11. The van der Waals surface area contributed by atoms with Crippen molar-refractivity contribution in [2.24, 2.45) is 0 Å². The van der Waals surface area contributed by atoms with E-state index in [4.69, 9.17) is 19.0 Å². The predicted octanol–water partition coefficient (Wildman–Crippen LogP) is 5.05. The van der Waals surface area contributed by atoms with Gasteiger partial charge in [-0.2, -0.15) is 4.98 Å². The Morgan fingerprint density at radius 1 is 0.943 bits per heavy atom. The van der Waals surface area contributed by atoms with E-state index in [0.717, 1.165) is 16.8 Å². The summed E-state index contributed by atoms with van der Waals surface area (Å²) in [5, 5.41) is 5.21. The molecular formula is C26H22N4O4S. The largest absolute Gasteiger partial charge is 0.493 e. The number of aromatic nitrogens is 4. The minimum Gasteiger partial charge on any atom is -0.493 e. The number of aryl methyl sites for hydroxylation is 1. The molecule has 0 fully saturated rings. The number of methoxy groups -OCH3 is 2. The summed E-state index contributed by atoms with van der Waals surface area (Å²) in [6, 6.07) is 20.5. The Kier molecular flexibility index (Phi) is 6.24. The maximum Gasteiger partial charge on any atom is 0.266 e. The monoisotopic (exact) mass is 486 g/mol. The predicted molar refractivity (Wildman–Crippen MR) is 134 cm³/mol. The van der Waals surface area contributed by atoms with Gasteiger partial charge in [0.2, 0.25) is 11.7 Å². The standard InChI is InChI=1S/C26H22N4O4S/c1-16-8-11-18(12-9-16)30-25(31)19-6-4-5-7-20(19)27-26(30)35-15-23-28-24(29-34-23)17-10-13-21(32-2)22(14-17)33-3/h4-14H,15H2,1-3H3. The SMILES string of the molecule is COc1ccc(-c2noc(CSc3nc4ccccc4c(=O)n3-c3ccc(C)cc3)n2)cc1OC. The summed E-state index contributed by atoms with van der Waals surface area (Å²) in [4.78, 5) is 22.7. The van der Waals surface area contributed by atoms with Gasteiger partial charge in [-0.1, -0.05) is 46.7 Å². The molecule has 0 saturated carbocycles. The Balaban J connectivity index is 1.47. The van der Waals surface area contributed by atoms with Gasteiger partial charge in [-0.25, -0.2) is 4.98 Å². The molecule has 0 bridgehead atoms. The van der Waals surface area contributed by atoms with Crippen molar-refractivity contribution in [3.8, 4) is 28.6 Å². The molecule has 35 heavy (non-hydrogen) atoms. The van der Waals surface area contributed by atoms with Crippen molar-refractivity contribution >= 4 is 22.7 Å². The second kappa shape index (κ2) is 9.63. The van der Waals surface area contributed by atoms with Crippen LogP contribution in [0.3, 0.4) is 0 Å². The van der Waals surface area contributed by atoms with Crippen molar-refractivity contribution in [2.45, 2.75) is 17.8 Å². The smallest absolute Gasteiger partial charge is 0.266 e. The number of para-hydroxylation sites is 1. The molecule has 0 unspecified atom stereocenters. The Labute approximate surface area is 205 Å². The highest BCUT2D eigenvalue weighted by Crippen LogP contribution is 2.32. The summed E-state index contributed by atoms with van der Waals surface area (Å²) >= 11 is 1.36. The Morgan fingerprint density at radius 2 is 1.71 bits per heavy atom. The summed E-state index contributed by atoms with van der Waals surface area (Å²) in [6.07, 6.45) is 0. The molecule has 5 rings (SSSR count). The number of nitrogens with zero attached hydrogens (tertiary/aromatic N) is 4. The highest BCUT2D eigenvalue weighted by atomic mass is 32.2. The van der Waals surface area contributed by atoms with Gasteiger partial charge in [0.05, 0.1) is 36.6 Å². The zero-order valence-corrected chi connectivity index (χ0v) is 20.2. The molecule has 0 aliphatic rings. The first kappa shape index (κ1) is 22.7. The van der Waals surface area contributed by atoms with Crippen molar-refractivity contribution in [3.05, 3.63) is 88.5 Å². The van der Waals surface area contributed by atoms with E-state index in [-0.39, 0.29) is 5.56 Å². The van der Waals surface area contributed by atoms with Gasteiger partial charge in [-0.05, 0) is 49.4 Å². The molecule has 0 aliphatic heterocycles. The molecule has 0 spiro atoms. The zero-order chi connectivity index (χ0) is 24.4. The van der Waals surface area contributed by atoms with Crippen LogP contribution < -0.4 is 15.0 Å². The molecule has 176 valence electrons. The van der Waals surface area contributed by atoms with Crippen LogP contribution in [-0.2, 0) is 5.75 Å². The second-order valence-electron chi connectivity index (χ2n) is 7.76. The molecule has 5 aromatic rings. The van der Waals surface area contributed by atoms with Gasteiger partial charge in [-0.15, -0.1) is 0 Å². The van der Waals surface area contributed by atoms with E-state index in [2.05, 4.69) is 10.1 Å². The van der Waals surface area contributed by atoms with E-state index in [1.165, 1.54) is 11.8 Å². The first-order valence-corrected chi connectivity index (χ1v) is 11.8. The molecule has 3 aromatic carbocycles. The fourth-order valence-corrected chi connectivity index (χ4v) is 4.51. The van der Waals surface area contributed by atoms with Crippen molar-refractivity contribution < 1.29 is 14.0 Å². The van der Waals surface area contributed by atoms with Crippen LogP contribution in [0.1, 0.15) is 11.5 Å². The lowest BCUT2D eigenvalue weighted by Gasteiger charge is -2.12. The summed E-state index contributed by atoms with van der Waals surface area (Å²) in [6.45, 7) is 2.01. The molecule has 9 heteroatoms. The lowest BCUT2D eigenvalue weighted by atomic mass is 10.2. The van der Waals surface area contributed by atoms with E-state index < -0.39 is 0 Å². The number of ether oxygens (including phenoxy) is 2. The van der Waals surface area contributed by atoms with E-state index in [1.54, 1.807) is 37.0 Å². The molecule has 0 amide bonds. The fourth-order valence-electron chi connectivity index (χ4n) is 3.66. The van der Waals surface area contributed by atoms with E-state index in [1.807, 2.05) is 55.5 Å². The van der Waals surface area contributed by atoms with Gasteiger partial charge in [0.15, 0.2) is 16.7 Å². The molecule has 2 aromatic heterocycles. The van der Waals surface area contributed by atoms with Gasteiger partial charge in [0.25, 0.3) is 5.56 Å². The van der Waals surface area contributed by atoms with Gasteiger partial charge in [0, 0.05) is 5.56 Å². The molecule has 0 aliphatic carbocycles. The maximum atomic E-state index is 13.4. The summed E-state index contributed by atoms with van der Waals surface area (Å²) < 4.78 is 17.8. The van der Waals surface area contributed by atoms with Crippen LogP contribution >= 0.6 is 11.8 Å². The molecule has 0 atom stereocenters. The van der Waals surface area contributed by atoms with E-state index >= 15 is 0 Å². The number of thioether (sulfide) groups is 1. The van der Waals surface area contributed by atoms with Crippen LogP contribution in [0.2, 0.25) is 0 Å². The second-order valence-corrected chi connectivity index (χ2v) is 8.70. The third kappa shape index (κ3) is 4.50. The van der Waals surface area contributed by atoms with E-state index in [0.29, 0.717) is 45.0 Å². The number of benzene rings is 3. The van der Waals surface area contributed by atoms with Crippen LogP contribution in [-0.4, -0.2) is 33.9 Å². The molecule has 0 radical (unpaired) electrons. The average Bonchev–Trinajstić information content (AvgIpc) is 3.37. The van der Waals surface area contributed by atoms with Crippen molar-refractivity contribution in [3.63, 3.8) is 0 Å². The van der Waals surface area contributed by atoms with Crippen molar-refractivity contribution in [1.29, 1.82) is 0 Å². The normalized spacial score (nSPS) is 11.1. The fraction of sp³-hybridized carbons (Fsp3) is 0.154. The Morgan fingerprint density at radius 3 is 2.49 bits per heavy atom. The topological polar surface area (TPSA) is 92.3 Å². The van der Waals surface area contributed by atoms with Gasteiger partial charge in [-0.3, -0.25) is 9.36 Å². The maximum absolute atomic E-state index is 13.4. The van der Waals surface area contributed by atoms with Crippen molar-refractivity contribution in [1.82, 2.24) is 19.7 Å². The van der Waals surface area contributed by atoms with Crippen LogP contribution in [0.5, 0.6) is 11.5 Å². The first-order valence-electron chi connectivity index (χ1n) is 10.8. The lowest BCUT2D eigenvalue weighted by molar-refractivity contribution is 0.355. The summed E-state index contributed by atoms with van der Waals surface area (Å²) in [5.74, 6) is 2.39. The zero-order valence-electron chi connectivity index (χ0n) is 19.4. The molecule has 0 saturated heterocycles. The van der Waals surface area contributed by atoms with Crippen LogP contribution in [0, 0.1) is 6.92 Å². The molecule has 0 N–H and O–H groups in total. The lowest BCUT2D eigenvalue weighted by Crippen LogP contribution is -2.21. The quantitative estimate of drug-likeness (QED) is 0.233. The number of hydrogen-bond acceptors (Lipinski definition) is 8. The highest BCUT2D eigenvalue weighted by Gasteiger charge is 2.16. The minimum absolute atomic E-state index is 0.126. The third-order valence-electron chi connectivity index (χ3n) is 5.47. The first-order chi connectivity index (χ1) is 17.1. The number of hydrogen-bond donors (Lipinski definition) is 0. The minimum atomic E-state index is -0.126. The van der Waals surface area contributed by atoms with Gasteiger partial charge in [0.1, 0.15) is 0 Å². The molecule has 2 heterocycles. The van der Waals surface area contributed by atoms with Gasteiger partial charge < -0.3 is 14.0 Å².